The molecule has 0 spiro atoms. The van der Waals surface area contributed by atoms with Crippen molar-refractivity contribution in [3.8, 4) is 49.1 Å². The van der Waals surface area contributed by atoms with Crippen LogP contribution in [0.4, 0.5) is 0 Å². The second-order valence-corrected chi connectivity index (χ2v) is 29.2. The van der Waals surface area contributed by atoms with Crippen molar-refractivity contribution in [2.24, 2.45) is 11.7 Å². The number of benzene rings is 2. The van der Waals surface area contributed by atoms with Gasteiger partial charge < -0.3 is 51.7 Å². The third kappa shape index (κ3) is 14.0. The highest BCUT2D eigenvalue weighted by molar-refractivity contribution is 7.15. The topological polar surface area (TPSA) is 328 Å². The van der Waals surface area contributed by atoms with Crippen LogP contribution in [0.2, 0.25) is 0 Å². The lowest BCUT2D eigenvalue weighted by Crippen LogP contribution is -2.50. The van der Waals surface area contributed by atoms with E-state index in [1.807, 2.05) is 28.7 Å². The van der Waals surface area contributed by atoms with Crippen molar-refractivity contribution in [2.45, 2.75) is 82.3 Å². The number of pyridine rings is 1. The summed E-state index contributed by atoms with van der Waals surface area (Å²) in [5.41, 5.74) is 9.24. The highest BCUT2D eigenvalue weighted by Crippen LogP contribution is 2.43. The number of hydrogen-bond acceptors (Lipinski definition) is 24. The number of fused-ring (bicyclic) bond motifs is 16. The number of likely N-dealkylation sites (tertiary alicyclic amines) is 1. The normalized spacial score (nSPS) is 21.3. The summed E-state index contributed by atoms with van der Waals surface area (Å²) in [7, 11) is 0. The molecule has 3 fully saturated rings. The Balaban J connectivity index is 0.856. The van der Waals surface area contributed by atoms with Crippen molar-refractivity contribution in [2.75, 3.05) is 58.9 Å². The van der Waals surface area contributed by atoms with Gasteiger partial charge in [0.2, 0.25) is 11.8 Å². The van der Waals surface area contributed by atoms with Gasteiger partial charge in [0.15, 0.2) is 0 Å². The number of piperazine rings is 1. The third-order valence-corrected chi connectivity index (χ3v) is 22.8. The van der Waals surface area contributed by atoms with E-state index in [4.69, 9.17) is 30.7 Å². The Kier molecular flexibility index (Phi) is 19.2. The molecule has 9 aromatic rings. The zero-order valence-electron chi connectivity index (χ0n) is 50.9. The van der Waals surface area contributed by atoms with Crippen LogP contribution in [0.3, 0.4) is 0 Å². The summed E-state index contributed by atoms with van der Waals surface area (Å²) in [6, 6.07) is 14.0. The molecular weight excluding hydrogens is 1320 g/mol. The number of phenolic OH excluding ortho intramolecular Hbond substituents is 1. The third-order valence-electron chi connectivity index (χ3n) is 17.3. The summed E-state index contributed by atoms with van der Waals surface area (Å²) in [6.07, 6.45) is 0.997. The molecule has 6 amide bonds. The molecule has 0 saturated carbocycles. The number of nitrogens with one attached hydrogen (secondary N) is 3. The van der Waals surface area contributed by atoms with Crippen LogP contribution < -0.4 is 21.7 Å². The van der Waals surface area contributed by atoms with E-state index >= 15 is 4.79 Å². The molecule has 4 aliphatic heterocycles. The number of piperidine rings is 1. The van der Waals surface area contributed by atoms with Crippen molar-refractivity contribution >= 4 is 103 Å². The fourth-order valence-electron chi connectivity index (χ4n) is 12.1. The molecule has 0 unspecified atom stereocenters. The molecule has 30 heteroatoms. The average molecular weight is 1380 g/mol. The van der Waals surface area contributed by atoms with Gasteiger partial charge in [-0.1, -0.05) is 55.8 Å². The first-order chi connectivity index (χ1) is 45.5. The minimum Gasteiger partial charge on any atom is -0.508 e. The predicted molar refractivity (Wildman–Crippen MR) is 359 cm³/mol. The molecule has 8 N–H and O–H groups in total. The van der Waals surface area contributed by atoms with Gasteiger partial charge in [0.1, 0.15) is 93.8 Å². The van der Waals surface area contributed by atoms with Crippen LogP contribution in [-0.2, 0) is 16.0 Å². The fourth-order valence-corrected chi connectivity index (χ4v) is 17.4. The van der Waals surface area contributed by atoms with Crippen LogP contribution >= 0.6 is 68.0 Å². The van der Waals surface area contributed by atoms with Gasteiger partial charge in [-0.15, -0.1) is 68.0 Å². The maximum atomic E-state index is 15.2. The Morgan fingerprint density at radius 2 is 1.27 bits per heavy atom. The summed E-state index contributed by atoms with van der Waals surface area (Å²) in [6.45, 7) is 10.5. The summed E-state index contributed by atoms with van der Waals surface area (Å²) in [5, 5.41) is 53.1. The molecule has 2 aromatic carbocycles. The number of phenols is 1. The number of aryl methyl sites for hydroxylation is 1. The number of carbonyl (C=O) groups is 6. The molecule has 7 aromatic heterocycles. The number of aliphatic hydroxyl groups excluding tert-OH is 2. The molecule has 0 radical (unpaired) electrons. The predicted octanol–water partition coefficient (Wildman–Crippen LogP) is 7.53. The zero-order valence-corrected chi connectivity index (χ0v) is 55.8. The molecule has 3 saturated heterocycles. The monoisotopic (exact) mass is 1380 g/mol. The molecule has 10 bridgehead atoms. The van der Waals surface area contributed by atoms with Crippen LogP contribution in [0, 0.1) is 12.8 Å². The number of amides is 6. The van der Waals surface area contributed by atoms with Crippen molar-refractivity contribution in [1.82, 2.24) is 70.4 Å². The van der Waals surface area contributed by atoms with E-state index in [0.717, 1.165) is 61.9 Å². The lowest BCUT2D eigenvalue weighted by Gasteiger charge is -2.36. The van der Waals surface area contributed by atoms with Crippen LogP contribution in [0.15, 0.2) is 93.6 Å². The average Bonchev–Trinajstić information content (AvgIpc) is 1.62. The molecule has 486 valence electrons. The van der Waals surface area contributed by atoms with Crippen molar-refractivity contribution < 1.29 is 44.1 Å². The maximum absolute atomic E-state index is 15.2. The maximum Gasteiger partial charge on any atom is 0.273 e. The highest BCUT2D eigenvalue weighted by Gasteiger charge is 2.46. The Hall–Kier alpha value is -8.17. The number of aromatic hydroxyl groups is 1. The number of rotatable bonds is 11. The SMILES string of the molecule is Cc1sc2nc1C(=O)N[C@@H]([C@H](O)c1ccccc1)c1nc(cs1)C(=O)N[C@@H](Cc1ccc(O)cc1)C(=O)N1C[C@H](O)[C@H](C)[C@H]1c1nc(cs1)-c1nc(cs1)-c1nc(-c3nc(C(=O)N4CCN(CCN5CCCCC5)CC4)cs3)ccc1-c1nc(cs1)C(=O)N[C@H]2CC(N)=O. The van der Waals surface area contributed by atoms with Gasteiger partial charge >= 0.3 is 0 Å². The Labute approximate surface area is 563 Å². The van der Waals surface area contributed by atoms with E-state index in [1.54, 1.807) is 66.2 Å². The summed E-state index contributed by atoms with van der Waals surface area (Å²) < 4.78 is 0. The number of primary amides is 1. The van der Waals surface area contributed by atoms with E-state index in [9.17, 15) is 39.3 Å². The smallest absolute Gasteiger partial charge is 0.273 e. The van der Waals surface area contributed by atoms with Crippen LogP contribution in [0.1, 0.15) is 130 Å². The molecule has 11 heterocycles. The van der Waals surface area contributed by atoms with Crippen molar-refractivity contribution in [1.29, 1.82) is 0 Å². The van der Waals surface area contributed by atoms with Crippen LogP contribution in [-0.4, -0.2) is 176 Å². The molecular formula is C64H65N15O9S6. The standard InChI is InChI=1S/C64H65N15O9S6/c1-33-47(81)27-79-52(33)62-72-45(31-93-62)59-69-42(28-90-59)50-38(15-16-39(66-50)58-73-46(32-91-58)63(87)78-23-21-77(22-24-78)20-19-76-17-7-4-8-18-76)57-70-43(29-89-57)54(84)67-40(26-48(65)82)60-75-49(34(2)94-60)56(86)74-51(53(83)36-9-5-3-6-10-36)61-71-44(30-92-61)55(85)68-41(64(79)88)25-35-11-13-37(80)14-12-35/h3,5-6,9-16,28-33,40-41,47,51-53,80-81,83H,4,7-8,17-27H2,1-2H3,(H2,65,82)(H,67,84)(H,68,85)(H,74,86)/t33-,40-,41-,47-,51-,52-,53+/m0/s1. The van der Waals surface area contributed by atoms with Gasteiger partial charge in [-0.3, -0.25) is 33.7 Å². The first kappa shape index (κ1) is 64.5. The molecule has 13 rings (SSSR count). The zero-order chi connectivity index (χ0) is 65.3. The number of thiazole rings is 6. The highest BCUT2D eigenvalue weighted by atomic mass is 32.1. The Morgan fingerprint density at radius 1 is 0.628 bits per heavy atom. The lowest BCUT2D eigenvalue weighted by molar-refractivity contribution is -0.134. The second kappa shape index (κ2) is 28.0. The number of aromatic nitrogens is 7. The van der Waals surface area contributed by atoms with Crippen molar-refractivity contribution in [3.63, 3.8) is 0 Å². The molecule has 7 atom stereocenters. The fraction of sp³-hybridized carbons (Fsp3) is 0.359. The van der Waals surface area contributed by atoms with E-state index in [2.05, 4.69) is 35.7 Å². The Bertz CT molecular complexity index is 4270. The van der Waals surface area contributed by atoms with Crippen molar-refractivity contribution in [3.05, 3.63) is 147 Å². The van der Waals surface area contributed by atoms with Crippen LogP contribution in [0.5, 0.6) is 5.75 Å². The number of aliphatic hydroxyl groups is 2. The number of nitrogens with two attached hydrogens (primary N) is 1. The van der Waals surface area contributed by atoms with Crippen LogP contribution in [0.25, 0.3) is 43.4 Å². The van der Waals surface area contributed by atoms with Gasteiger partial charge in [-0.05, 0) is 68.2 Å². The van der Waals surface area contributed by atoms with E-state index in [1.165, 1.54) is 87.0 Å². The minimum atomic E-state index is -1.41. The number of hydrogen-bond donors (Lipinski definition) is 7. The van der Waals surface area contributed by atoms with Gasteiger partial charge in [-0.25, -0.2) is 34.9 Å². The molecule has 24 nitrogen and oxygen atoms in total. The molecule has 4 aliphatic rings. The second-order valence-electron chi connectivity index (χ2n) is 23.6. The molecule has 0 aliphatic carbocycles. The minimum absolute atomic E-state index is 0.000667. The first-order valence-corrected chi connectivity index (χ1v) is 35.9. The summed E-state index contributed by atoms with van der Waals surface area (Å²) >= 11 is 7.12. The summed E-state index contributed by atoms with van der Waals surface area (Å²) in [4.78, 5) is 129. The summed E-state index contributed by atoms with van der Waals surface area (Å²) in [5.74, 6) is -4.08. The van der Waals surface area contributed by atoms with E-state index < -0.39 is 71.8 Å². The van der Waals surface area contributed by atoms with Gasteiger partial charge in [-0.2, -0.15) is 0 Å². The van der Waals surface area contributed by atoms with E-state index in [-0.39, 0.29) is 58.1 Å². The van der Waals surface area contributed by atoms with E-state index in [0.29, 0.717) is 83.2 Å². The largest absolute Gasteiger partial charge is 0.508 e. The quantitative estimate of drug-likeness (QED) is 0.0658. The van der Waals surface area contributed by atoms with Gasteiger partial charge in [0.25, 0.3) is 23.6 Å². The molecule has 94 heavy (non-hydrogen) atoms. The first-order valence-electron chi connectivity index (χ1n) is 30.7. The number of carbonyl (C=O) groups excluding carboxylic acids is 6. The van der Waals surface area contributed by atoms with Gasteiger partial charge in [0.05, 0.1) is 30.3 Å². The Morgan fingerprint density at radius 3 is 2.02 bits per heavy atom. The number of nitrogens with zero attached hydrogens (tertiary/aromatic N) is 11. The lowest BCUT2D eigenvalue weighted by atomic mass is 10.00. The van der Waals surface area contributed by atoms with Gasteiger partial charge in [0, 0.05) is 95.5 Å².